The molecule has 5 heteroatoms. The number of fused-ring (bicyclic) bond motifs is 1. The van der Waals surface area contributed by atoms with Crippen molar-refractivity contribution in [2.24, 2.45) is 5.92 Å². The minimum absolute atomic E-state index is 0.151. The molecule has 1 aromatic carbocycles. The summed E-state index contributed by atoms with van der Waals surface area (Å²) in [6.45, 7) is 2.23. The Bertz CT molecular complexity index is 775. The van der Waals surface area contributed by atoms with Gasteiger partial charge in [0, 0.05) is 14.0 Å². The number of thiophene rings is 1. The van der Waals surface area contributed by atoms with Gasteiger partial charge in [-0.2, -0.15) is 5.26 Å². The Kier molecular flexibility index (Phi) is 4.50. The fraction of sp³-hybridized carbons (Fsp3) is 0.294. The van der Waals surface area contributed by atoms with Crippen LogP contribution in [0.3, 0.4) is 0 Å². The van der Waals surface area contributed by atoms with Gasteiger partial charge in [-0.15, -0.1) is 11.3 Å². The van der Waals surface area contributed by atoms with Gasteiger partial charge in [0.2, 0.25) is 0 Å². The Labute approximate surface area is 147 Å². The SMILES string of the molecule is CC1CCc2c(sc(NC(=O)c3cccc(I)c3)c2C#N)C1. The molecular weight excluding hydrogens is 407 g/mol. The summed E-state index contributed by atoms with van der Waals surface area (Å²) in [4.78, 5) is 13.7. The molecule has 1 aliphatic rings. The Balaban J connectivity index is 1.90. The number of amides is 1. The fourth-order valence-electron chi connectivity index (χ4n) is 2.76. The molecule has 22 heavy (non-hydrogen) atoms. The molecule has 0 radical (unpaired) electrons. The van der Waals surface area contributed by atoms with Crippen molar-refractivity contribution >= 4 is 44.8 Å². The van der Waals surface area contributed by atoms with E-state index in [0.717, 1.165) is 28.4 Å². The van der Waals surface area contributed by atoms with E-state index in [0.29, 0.717) is 22.0 Å². The van der Waals surface area contributed by atoms with E-state index in [4.69, 9.17) is 0 Å². The molecule has 1 aliphatic carbocycles. The predicted octanol–water partition coefficient (Wildman–Crippen LogP) is 4.60. The van der Waals surface area contributed by atoms with Gasteiger partial charge in [0.25, 0.3) is 5.91 Å². The van der Waals surface area contributed by atoms with Crippen LogP contribution in [0.2, 0.25) is 0 Å². The zero-order valence-electron chi connectivity index (χ0n) is 12.1. The van der Waals surface area contributed by atoms with Crippen molar-refractivity contribution in [2.45, 2.75) is 26.2 Å². The normalized spacial score (nSPS) is 16.7. The van der Waals surface area contributed by atoms with E-state index < -0.39 is 0 Å². The molecule has 2 aromatic rings. The highest BCUT2D eigenvalue weighted by atomic mass is 127. The molecule has 112 valence electrons. The molecule has 3 nitrogen and oxygen atoms in total. The Morgan fingerprint density at radius 2 is 2.32 bits per heavy atom. The number of rotatable bonds is 2. The highest BCUT2D eigenvalue weighted by molar-refractivity contribution is 14.1. The molecule has 0 saturated heterocycles. The van der Waals surface area contributed by atoms with Crippen LogP contribution in [-0.2, 0) is 12.8 Å². The summed E-state index contributed by atoms with van der Waals surface area (Å²) < 4.78 is 1.02. The van der Waals surface area contributed by atoms with Gasteiger partial charge in [-0.3, -0.25) is 4.79 Å². The summed E-state index contributed by atoms with van der Waals surface area (Å²) >= 11 is 3.75. The monoisotopic (exact) mass is 422 g/mol. The van der Waals surface area contributed by atoms with Crippen LogP contribution < -0.4 is 5.32 Å². The number of benzene rings is 1. The number of hydrogen-bond donors (Lipinski definition) is 1. The van der Waals surface area contributed by atoms with E-state index in [9.17, 15) is 10.1 Å². The number of anilines is 1. The average Bonchev–Trinajstić information content (AvgIpc) is 2.83. The second kappa shape index (κ2) is 6.39. The van der Waals surface area contributed by atoms with E-state index >= 15 is 0 Å². The number of carbonyl (C=O) groups is 1. The zero-order valence-corrected chi connectivity index (χ0v) is 15.1. The smallest absolute Gasteiger partial charge is 0.256 e. The third-order valence-corrected chi connectivity index (χ3v) is 5.78. The lowest BCUT2D eigenvalue weighted by atomic mass is 9.88. The van der Waals surface area contributed by atoms with Gasteiger partial charge >= 0.3 is 0 Å². The standard InChI is InChI=1S/C17H15IN2OS/c1-10-5-6-13-14(9-19)17(22-15(13)7-10)20-16(21)11-3-2-4-12(18)8-11/h2-4,8,10H,5-7H2,1H3,(H,20,21). The van der Waals surface area contributed by atoms with Gasteiger partial charge in [0.1, 0.15) is 11.1 Å². The first-order valence-electron chi connectivity index (χ1n) is 7.20. The van der Waals surface area contributed by atoms with Crippen LogP contribution >= 0.6 is 33.9 Å². The molecule has 1 heterocycles. The van der Waals surface area contributed by atoms with Gasteiger partial charge in [-0.25, -0.2) is 0 Å². The summed E-state index contributed by atoms with van der Waals surface area (Å²) in [5.41, 5.74) is 2.42. The molecule has 1 N–H and O–H groups in total. The Hall–Kier alpha value is -1.39. The molecule has 1 unspecified atom stereocenters. The maximum Gasteiger partial charge on any atom is 0.256 e. The molecular formula is C17H15IN2OS. The first-order valence-corrected chi connectivity index (χ1v) is 9.09. The van der Waals surface area contributed by atoms with Crippen molar-refractivity contribution in [3.8, 4) is 6.07 Å². The molecule has 1 amide bonds. The van der Waals surface area contributed by atoms with Crippen LogP contribution in [-0.4, -0.2) is 5.91 Å². The number of halogens is 1. The quantitative estimate of drug-likeness (QED) is 0.720. The lowest BCUT2D eigenvalue weighted by Gasteiger charge is -2.17. The predicted molar refractivity (Wildman–Crippen MR) is 97.3 cm³/mol. The first kappa shape index (κ1) is 15.5. The van der Waals surface area contributed by atoms with E-state index in [-0.39, 0.29) is 5.91 Å². The molecule has 0 saturated carbocycles. The maximum atomic E-state index is 12.4. The van der Waals surface area contributed by atoms with Gasteiger partial charge in [-0.05, 0) is 71.5 Å². The van der Waals surface area contributed by atoms with Crippen molar-refractivity contribution in [1.29, 1.82) is 5.26 Å². The number of hydrogen-bond acceptors (Lipinski definition) is 3. The zero-order chi connectivity index (χ0) is 15.7. The molecule has 1 atom stereocenters. The second-order valence-corrected chi connectivity index (χ2v) is 7.98. The van der Waals surface area contributed by atoms with Crippen LogP contribution in [0.4, 0.5) is 5.00 Å². The van der Waals surface area contributed by atoms with Crippen molar-refractivity contribution in [3.63, 3.8) is 0 Å². The topological polar surface area (TPSA) is 52.9 Å². The van der Waals surface area contributed by atoms with Crippen LogP contribution in [0.25, 0.3) is 0 Å². The van der Waals surface area contributed by atoms with Crippen LogP contribution in [0.5, 0.6) is 0 Å². The van der Waals surface area contributed by atoms with Crippen LogP contribution in [0, 0.1) is 20.8 Å². The number of nitrogens with one attached hydrogen (secondary N) is 1. The summed E-state index contributed by atoms with van der Waals surface area (Å²) in [5.74, 6) is 0.499. The molecule has 0 aliphatic heterocycles. The van der Waals surface area contributed by atoms with E-state index in [1.165, 1.54) is 4.88 Å². The van der Waals surface area contributed by atoms with Crippen molar-refractivity contribution in [2.75, 3.05) is 5.32 Å². The maximum absolute atomic E-state index is 12.4. The molecule has 0 bridgehead atoms. The molecule has 3 rings (SSSR count). The highest BCUT2D eigenvalue weighted by Gasteiger charge is 2.24. The second-order valence-electron chi connectivity index (χ2n) is 5.63. The lowest BCUT2D eigenvalue weighted by Crippen LogP contribution is -2.12. The largest absolute Gasteiger partial charge is 0.312 e. The van der Waals surface area contributed by atoms with Crippen LogP contribution in [0.1, 0.15) is 39.7 Å². The third kappa shape index (κ3) is 3.03. The van der Waals surface area contributed by atoms with Gasteiger partial charge in [0.15, 0.2) is 0 Å². The third-order valence-electron chi connectivity index (χ3n) is 3.94. The highest BCUT2D eigenvalue weighted by Crippen LogP contribution is 2.39. The fourth-order valence-corrected chi connectivity index (χ4v) is 4.66. The van der Waals surface area contributed by atoms with Gasteiger partial charge < -0.3 is 5.32 Å². The van der Waals surface area contributed by atoms with Gasteiger partial charge in [-0.1, -0.05) is 13.0 Å². The van der Waals surface area contributed by atoms with Crippen LogP contribution in [0.15, 0.2) is 24.3 Å². The van der Waals surface area contributed by atoms with E-state index in [1.807, 2.05) is 18.2 Å². The summed E-state index contributed by atoms with van der Waals surface area (Å²) in [7, 11) is 0. The number of nitriles is 1. The van der Waals surface area contributed by atoms with Crippen molar-refractivity contribution < 1.29 is 4.79 Å². The Morgan fingerprint density at radius 3 is 3.05 bits per heavy atom. The minimum atomic E-state index is -0.151. The molecule has 0 spiro atoms. The lowest BCUT2D eigenvalue weighted by molar-refractivity contribution is 0.102. The number of nitrogens with zero attached hydrogens (tertiary/aromatic N) is 1. The van der Waals surface area contributed by atoms with Gasteiger partial charge in [0.05, 0.1) is 5.56 Å². The van der Waals surface area contributed by atoms with Crippen molar-refractivity contribution in [3.05, 3.63) is 49.4 Å². The molecule has 0 fully saturated rings. The Morgan fingerprint density at radius 1 is 1.50 bits per heavy atom. The van der Waals surface area contributed by atoms with E-state index in [2.05, 4.69) is 40.9 Å². The number of carbonyl (C=O) groups excluding carboxylic acids is 1. The molecule has 1 aromatic heterocycles. The first-order chi connectivity index (χ1) is 10.6. The van der Waals surface area contributed by atoms with E-state index in [1.54, 1.807) is 17.4 Å². The minimum Gasteiger partial charge on any atom is -0.312 e. The summed E-state index contributed by atoms with van der Waals surface area (Å²) in [6, 6.07) is 9.73. The summed E-state index contributed by atoms with van der Waals surface area (Å²) in [6.07, 6.45) is 3.06. The summed E-state index contributed by atoms with van der Waals surface area (Å²) in [5, 5.41) is 13.1. The average molecular weight is 422 g/mol. The van der Waals surface area contributed by atoms with Crippen molar-refractivity contribution in [1.82, 2.24) is 0 Å².